The lowest BCUT2D eigenvalue weighted by Crippen LogP contribution is -2.50. The molecular formula is C21H29N3O3. The van der Waals surface area contributed by atoms with Crippen molar-refractivity contribution in [3.8, 4) is 0 Å². The van der Waals surface area contributed by atoms with E-state index >= 15 is 0 Å². The second kappa shape index (κ2) is 8.30. The number of likely N-dealkylation sites (tertiary alicyclic amines) is 1. The predicted molar refractivity (Wildman–Crippen MR) is 102 cm³/mol. The van der Waals surface area contributed by atoms with Crippen molar-refractivity contribution >= 4 is 11.9 Å². The summed E-state index contributed by atoms with van der Waals surface area (Å²) in [6.07, 6.45) is 6.47. The molecule has 1 aromatic rings. The summed E-state index contributed by atoms with van der Waals surface area (Å²) in [5.41, 5.74) is 2.55. The highest BCUT2D eigenvalue weighted by Gasteiger charge is 2.32. The zero-order chi connectivity index (χ0) is 18.6. The Morgan fingerprint density at radius 3 is 2.85 bits per heavy atom. The van der Waals surface area contributed by atoms with Gasteiger partial charge in [-0.15, -0.1) is 0 Å². The van der Waals surface area contributed by atoms with Crippen LogP contribution < -0.4 is 10.6 Å². The van der Waals surface area contributed by atoms with Gasteiger partial charge in [0.15, 0.2) is 0 Å². The molecule has 1 aliphatic carbocycles. The van der Waals surface area contributed by atoms with Crippen molar-refractivity contribution in [2.24, 2.45) is 0 Å². The predicted octanol–water partition coefficient (Wildman–Crippen LogP) is 2.36. The second-order valence-electron chi connectivity index (χ2n) is 7.97. The summed E-state index contributed by atoms with van der Waals surface area (Å²) in [6, 6.07) is 8.61. The highest BCUT2D eigenvalue weighted by atomic mass is 16.5. The fourth-order valence-electron chi connectivity index (χ4n) is 4.62. The SMILES string of the molecule is O=C(NC[C@@H]1Cc2ccccc2CO1)NC1CCCC(N2CCCC2=O)C1. The van der Waals surface area contributed by atoms with Gasteiger partial charge in [0.2, 0.25) is 5.91 Å². The van der Waals surface area contributed by atoms with Crippen LogP contribution in [0.4, 0.5) is 4.79 Å². The van der Waals surface area contributed by atoms with Gasteiger partial charge in [-0.3, -0.25) is 4.79 Å². The average molecular weight is 371 g/mol. The van der Waals surface area contributed by atoms with Gasteiger partial charge in [0.1, 0.15) is 0 Å². The van der Waals surface area contributed by atoms with Crippen molar-refractivity contribution < 1.29 is 14.3 Å². The topological polar surface area (TPSA) is 70.7 Å². The lowest BCUT2D eigenvalue weighted by Gasteiger charge is -2.35. The Bertz CT molecular complexity index is 693. The van der Waals surface area contributed by atoms with Crippen molar-refractivity contribution in [1.82, 2.24) is 15.5 Å². The molecule has 0 aromatic heterocycles. The smallest absolute Gasteiger partial charge is 0.315 e. The van der Waals surface area contributed by atoms with Crippen molar-refractivity contribution in [2.45, 2.75) is 69.7 Å². The number of ether oxygens (including phenoxy) is 1. The molecule has 0 radical (unpaired) electrons. The minimum Gasteiger partial charge on any atom is -0.371 e. The third kappa shape index (κ3) is 4.43. The average Bonchev–Trinajstić information content (AvgIpc) is 3.12. The fraction of sp³-hybridized carbons (Fsp3) is 0.619. The van der Waals surface area contributed by atoms with Gasteiger partial charge in [-0.1, -0.05) is 24.3 Å². The van der Waals surface area contributed by atoms with Gasteiger partial charge in [0.05, 0.1) is 12.7 Å². The number of carbonyl (C=O) groups is 2. The first-order chi connectivity index (χ1) is 13.2. The number of urea groups is 1. The van der Waals surface area contributed by atoms with E-state index in [-0.39, 0.29) is 30.1 Å². The van der Waals surface area contributed by atoms with Crippen LogP contribution in [0.1, 0.15) is 49.7 Å². The van der Waals surface area contributed by atoms with Crippen LogP contribution in [0, 0.1) is 0 Å². The number of benzene rings is 1. The van der Waals surface area contributed by atoms with E-state index in [1.165, 1.54) is 11.1 Å². The van der Waals surface area contributed by atoms with Gasteiger partial charge in [-0.25, -0.2) is 4.79 Å². The molecule has 3 atom stereocenters. The minimum atomic E-state index is -0.129. The number of rotatable bonds is 4. The number of nitrogens with one attached hydrogen (secondary N) is 2. The van der Waals surface area contributed by atoms with Crippen molar-refractivity contribution in [1.29, 1.82) is 0 Å². The molecule has 3 aliphatic rings. The van der Waals surface area contributed by atoms with E-state index in [1.54, 1.807) is 0 Å². The number of nitrogens with zero attached hydrogens (tertiary/aromatic N) is 1. The van der Waals surface area contributed by atoms with Crippen LogP contribution in [0.2, 0.25) is 0 Å². The Kier molecular flexibility index (Phi) is 5.62. The third-order valence-electron chi connectivity index (χ3n) is 6.06. The van der Waals surface area contributed by atoms with Crippen LogP contribution in [-0.2, 0) is 22.6 Å². The van der Waals surface area contributed by atoms with Gasteiger partial charge in [-0.05, 0) is 43.2 Å². The first-order valence-electron chi connectivity index (χ1n) is 10.2. The Hall–Kier alpha value is -2.08. The lowest BCUT2D eigenvalue weighted by atomic mass is 9.90. The van der Waals surface area contributed by atoms with E-state index in [0.29, 0.717) is 19.6 Å². The molecule has 1 aromatic carbocycles. The van der Waals surface area contributed by atoms with E-state index in [0.717, 1.165) is 45.1 Å². The molecule has 2 unspecified atom stereocenters. The number of amides is 3. The highest BCUT2D eigenvalue weighted by Crippen LogP contribution is 2.26. The molecule has 6 heteroatoms. The van der Waals surface area contributed by atoms with E-state index in [9.17, 15) is 9.59 Å². The first-order valence-corrected chi connectivity index (χ1v) is 10.2. The number of fused-ring (bicyclic) bond motifs is 1. The zero-order valence-electron chi connectivity index (χ0n) is 15.8. The van der Waals surface area contributed by atoms with Crippen LogP contribution in [0.25, 0.3) is 0 Å². The van der Waals surface area contributed by atoms with Crippen LogP contribution >= 0.6 is 0 Å². The van der Waals surface area contributed by atoms with Gasteiger partial charge in [0, 0.05) is 38.0 Å². The molecule has 1 saturated carbocycles. The van der Waals surface area contributed by atoms with E-state index in [1.807, 2.05) is 17.0 Å². The molecule has 27 heavy (non-hydrogen) atoms. The minimum absolute atomic E-state index is 0.0203. The van der Waals surface area contributed by atoms with Crippen molar-refractivity contribution in [3.63, 3.8) is 0 Å². The van der Waals surface area contributed by atoms with Crippen LogP contribution in [0.3, 0.4) is 0 Å². The summed E-state index contributed by atoms with van der Waals surface area (Å²) in [4.78, 5) is 26.3. The van der Waals surface area contributed by atoms with Crippen LogP contribution in [0.15, 0.2) is 24.3 Å². The summed E-state index contributed by atoms with van der Waals surface area (Å²) < 4.78 is 5.85. The standard InChI is InChI=1S/C21H29N3O3/c25-20-9-4-10-24(20)18-8-3-7-17(12-18)23-21(26)22-13-19-11-15-5-1-2-6-16(15)14-27-19/h1-2,5-6,17-19H,3-4,7-14H2,(H2,22,23,26)/t17?,18?,19-/m0/s1. The van der Waals surface area contributed by atoms with Crippen LogP contribution in [0.5, 0.6) is 0 Å². The fourth-order valence-corrected chi connectivity index (χ4v) is 4.62. The maximum absolute atomic E-state index is 12.3. The Labute approximate surface area is 160 Å². The summed E-state index contributed by atoms with van der Waals surface area (Å²) in [6.45, 7) is 2.00. The lowest BCUT2D eigenvalue weighted by molar-refractivity contribution is -0.130. The van der Waals surface area contributed by atoms with E-state index in [4.69, 9.17) is 4.74 Å². The molecule has 1 saturated heterocycles. The molecule has 146 valence electrons. The maximum Gasteiger partial charge on any atom is 0.315 e. The molecule has 2 fully saturated rings. The molecule has 2 heterocycles. The Balaban J connectivity index is 1.22. The molecule has 0 spiro atoms. The molecule has 2 N–H and O–H groups in total. The number of hydrogen-bond donors (Lipinski definition) is 2. The molecule has 4 rings (SSSR count). The normalized spacial score (nSPS) is 27.9. The van der Waals surface area contributed by atoms with Crippen molar-refractivity contribution in [2.75, 3.05) is 13.1 Å². The highest BCUT2D eigenvalue weighted by molar-refractivity contribution is 5.78. The van der Waals surface area contributed by atoms with E-state index in [2.05, 4.69) is 22.8 Å². The summed E-state index contributed by atoms with van der Waals surface area (Å²) in [5, 5.41) is 6.07. The summed E-state index contributed by atoms with van der Waals surface area (Å²) >= 11 is 0. The van der Waals surface area contributed by atoms with Gasteiger partial charge in [-0.2, -0.15) is 0 Å². The molecule has 2 aliphatic heterocycles. The largest absolute Gasteiger partial charge is 0.371 e. The number of hydrogen-bond acceptors (Lipinski definition) is 3. The second-order valence-corrected chi connectivity index (χ2v) is 7.97. The quantitative estimate of drug-likeness (QED) is 0.854. The van der Waals surface area contributed by atoms with Gasteiger partial charge in [0.25, 0.3) is 0 Å². The third-order valence-corrected chi connectivity index (χ3v) is 6.06. The Morgan fingerprint density at radius 1 is 1.19 bits per heavy atom. The van der Waals surface area contributed by atoms with Gasteiger partial charge < -0.3 is 20.3 Å². The molecule has 6 nitrogen and oxygen atoms in total. The van der Waals surface area contributed by atoms with Crippen LogP contribution in [-0.4, -0.2) is 48.1 Å². The maximum atomic E-state index is 12.3. The molecular weight excluding hydrogens is 342 g/mol. The summed E-state index contributed by atoms with van der Waals surface area (Å²) in [5.74, 6) is 0.278. The van der Waals surface area contributed by atoms with Gasteiger partial charge >= 0.3 is 6.03 Å². The molecule has 3 amide bonds. The van der Waals surface area contributed by atoms with E-state index < -0.39 is 0 Å². The monoisotopic (exact) mass is 371 g/mol. The number of carbonyl (C=O) groups excluding carboxylic acids is 2. The first kappa shape index (κ1) is 18.3. The summed E-state index contributed by atoms with van der Waals surface area (Å²) in [7, 11) is 0. The van der Waals surface area contributed by atoms with Crippen molar-refractivity contribution in [3.05, 3.63) is 35.4 Å². The zero-order valence-corrected chi connectivity index (χ0v) is 15.8. The Morgan fingerprint density at radius 2 is 2.04 bits per heavy atom. The molecule has 0 bridgehead atoms.